The third-order valence-electron chi connectivity index (χ3n) is 3.40. The van der Waals surface area contributed by atoms with Crippen molar-refractivity contribution in [2.75, 3.05) is 11.6 Å². The van der Waals surface area contributed by atoms with Crippen molar-refractivity contribution in [2.45, 2.75) is 18.9 Å². The number of amides is 1. The lowest BCUT2D eigenvalue weighted by molar-refractivity contribution is -0.384. The highest BCUT2D eigenvalue weighted by molar-refractivity contribution is 7.99. The molecule has 112 valence electrons. The molecular weight excluding hydrogens is 296 g/mol. The maximum Gasteiger partial charge on any atom is 0.327 e. The van der Waals surface area contributed by atoms with E-state index in [0.717, 1.165) is 0 Å². The van der Waals surface area contributed by atoms with E-state index in [2.05, 4.69) is 0 Å². The topological polar surface area (TPSA) is 101 Å². The van der Waals surface area contributed by atoms with Crippen LogP contribution in [0, 0.1) is 10.1 Å². The number of non-ortho nitro benzene ring substituents is 1. The number of carboxylic acids is 1. The summed E-state index contributed by atoms with van der Waals surface area (Å²) in [6.07, 6.45) is 0. The summed E-state index contributed by atoms with van der Waals surface area (Å²) in [6.45, 7) is 1.63. The van der Waals surface area contributed by atoms with E-state index >= 15 is 0 Å². The Bertz CT molecular complexity index is 592. The van der Waals surface area contributed by atoms with E-state index in [1.807, 2.05) is 0 Å². The summed E-state index contributed by atoms with van der Waals surface area (Å²) in [4.78, 5) is 35.1. The minimum Gasteiger partial charge on any atom is -0.480 e. The van der Waals surface area contributed by atoms with Gasteiger partial charge in [-0.15, -0.1) is 11.8 Å². The molecule has 1 aromatic carbocycles. The molecule has 1 aliphatic rings. The fourth-order valence-electron chi connectivity index (χ4n) is 2.16. The minimum atomic E-state index is -1.03. The van der Waals surface area contributed by atoms with Crippen LogP contribution in [0.25, 0.3) is 0 Å². The summed E-state index contributed by atoms with van der Waals surface area (Å²) >= 11 is 1.38. The van der Waals surface area contributed by atoms with Gasteiger partial charge in [0.05, 0.1) is 16.7 Å². The largest absolute Gasteiger partial charge is 0.480 e. The second kappa shape index (κ2) is 6.13. The van der Waals surface area contributed by atoms with Crippen LogP contribution in [0.3, 0.4) is 0 Å². The molecule has 1 heterocycles. The molecule has 2 unspecified atom stereocenters. The number of hydrogen-bond acceptors (Lipinski definition) is 5. The van der Waals surface area contributed by atoms with Crippen molar-refractivity contribution in [2.24, 2.45) is 0 Å². The predicted molar refractivity (Wildman–Crippen MR) is 77.1 cm³/mol. The Morgan fingerprint density at radius 2 is 2.24 bits per heavy atom. The van der Waals surface area contributed by atoms with Crippen LogP contribution in [-0.2, 0) is 9.59 Å². The van der Waals surface area contributed by atoms with Gasteiger partial charge in [0.1, 0.15) is 6.04 Å². The second-order valence-corrected chi connectivity index (χ2v) is 5.74. The van der Waals surface area contributed by atoms with Gasteiger partial charge in [0.15, 0.2) is 0 Å². The highest BCUT2D eigenvalue weighted by Gasteiger charge is 2.36. The van der Waals surface area contributed by atoms with E-state index in [1.165, 1.54) is 34.9 Å². The number of nitro groups is 1. The zero-order valence-corrected chi connectivity index (χ0v) is 12.1. The maximum atomic E-state index is 12.4. The average molecular weight is 310 g/mol. The molecule has 0 aliphatic carbocycles. The first-order valence-corrected chi connectivity index (χ1v) is 7.42. The fraction of sp³-hybridized carbons (Fsp3) is 0.385. The number of hydrogen-bond donors (Lipinski definition) is 1. The molecule has 1 amide bonds. The van der Waals surface area contributed by atoms with Crippen LogP contribution in [0.5, 0.6) is 0 Å². The van der Waals surface area contributed by atoms with E-state index in [4.69, 9.17) is 5.11 Å². The van der Waals surface area contributed by atoms with Crippen LogP contribution in [0.4, 0.5) is 5.69 Å². The highest BCUT2D eigenvalue weighted by Crippen LogP contribution is 2.28. The van der Waals surface area contributed by atoms with Crippen LogP contribution in [0.1, 0.15) is 18.4 Å². The van der Waals surface area contributed by atoms with Crippen molar-refractivity contribution in [3.63, 3.8) is 0 Å². The average Bonchev–Trinajstić information content (AvgIpc) is 2.95. The third kappa shape index (κ3) is 3.15. The van der Waals surface area contributed by atoms with Crippen LogP contribution >= 0.6 is 11.8 Å². The van der Waals surface area contributed by atoms with Gasteiger partial charge in [0, 0.05) is 17.9 Å². The molecule has 1 N–H and O–H groups in total. The zero-order chi connectivity index (χ0) is 15.6. The first-order chi connectivity index (χ1) is 9.91. The molecule has 21 heavy (non-hydrogen) atoms. The summed E-state index contributed by atoms with van der Waals surface area (Å²) in [7, 11) is 0. The molecule has 1 aromatic rings. The molecule has 0 saturated carbocycles. The molecular formula is C13H14N2O5S. The molecule has 0 bridgehead atoms. The third-order valence-corrected chi connectivity index (χ3v) is 4.41. The maximum absolute atomic E-state index is 12.4. The number of nitro benzene ring substituents is 1. The van der Waals surface area contributed by atoms with Crippen molar-refractivity contribution < 1.29 is 19.6 Å². The monoisotopic (exact) mass is 310 g/mol. The number of benzene rings is 1. The molecule has 0 aromatic heterocycles. The van der Waals surface area contributed by atoms with Crippen LogP contribution in [0.2, 0.25) is 0 Å². The van der Waals surface area contributed by atoms with Gasteiger partial charge in [-0.25, -0.2) is 4.79 Å². The second-order valence-electron chi connectivity index (χ2n) is 4.74. The van der Waals surface area contributed by atoms with Gasteiger partial charge in [0.25, 0.3) is 5.69 Å². The van der Waals surface area contributed by atoms with Gasteiger partial charge in [-0.05, 0) is 12.5 Å². The van der Waals surface area contributed by atoms with Gasteiger partial charge in [-0.2, -0.15) is 0 Å². The standard InChI is InChI=1S/C13H14N2O5S/c1-8(9-3-2-4-10(5-9)15(19)20)12(16)14-7-21-6-11(14)13(17)18/h2-5,8,11H,6-7H2,1H3,(H,17,18). The fourth-order valence-corrected chi connectivity index (χ4v) is 3.32. The summed E-state index contributed by atoms with van der Waals surface area (Å²) in [5.41, 5.74) is 0.424. The van der Waals surface area contributed by atoms with Crippen molar-refractivity contribution >= 4 is 29.3 Å². The Kier molecular flexibility index (Phi) is 4.46. The lowest BCUT2D eigenvalue weighted by Gasteiger charge is -2.24. The lowest BCUT2D eigenvalue weighted by Crippen LogP contribution is -2.43. The summed E-state index contributed by atoms with van der Waals surface area (Å²) in [6, 6.07) is 5.02. The molecule has 2 rings (SSSR count). The van der Waals surface area contributed by atoms with E-state index in [9.17, 15) is 19.7 Å². The SMILES string of the molecule is CC(C(=O)N1CSCC1C(=O)O)c1cccc([N+](=O)[O-])c1. The number of aliphatic carboxylic acids is 1. The Morgan fingerprint density at radius 3 is 2.86 bits per heavy atom. The number of carboxylic acid groups (broad SMARTS) is 1. The molecule has 8 heteroatoms. The van der Waals surface area contributed by atoms with Gasteiger partial charge >= 0.3 is 5.97 Å². The van der Waals surface area contributed by atoms with Gasteiger partial charge < -0.3 is 10.0 Å². The van der Waals surface area contributed by atoms with Crippen LogP contribution in [0.15, 0.2) is 24.3 Å². The number of rotatable bonds is 4. The quantitative estimate of drug-likeness (QED) is 0.671. The van der Waals surface area contributed by atoms with Crippen molar-refractivity contribution in [1.29, 1.82) is 0 Å². The molecule has 2 atom stereocenters. The van der Waals surface area contributed by atoms with Gasteiger partial charge in [-0.3, -0.25) is 14.9 Å². The normalized spacial score (nSPS) is 19.3. The zero-order valence-electron chi connectivity index (χ0n) is 11.3. The number of nitrogens with zero attached hydrogens (tertiary/aromatic N) is 2. The van der Waals surface area contributed by atoms with Gasteiger partial charge in [0.2, 0.25) is 5.91 Å². The molecule has 1 fully saturated rings. The summed E-state index contributed by atoms with van der Waals surface area (Å²) in [5, 5.41) is 19.9. The first-order valence-electron chi connectivity index (χ1n) is 6.27. The molecule has 7 nitrogen and oxygen atoms in total. The highest BCUT2D eigenvalue weighted by atomic mass is 32.2. The van der Waals surface area contributed by atoms with E-state index in [0.29, 0.717) is 17.2 Å². The predicted octanol–water partition coefficient (Wildman–Crippen LogP) is 1.68. The van der Waals surface area contributed by atoms with E-state index in [1.54, 1.807) is 13.0 Å². The van der Waals surface area contributed by atoms with Crippen LogP contribution in [-0.4, -0.2) is 44.5 Å². The Hall–Kier alpha value is -2.09. The number of carbonyl (C=O) groups excluding carboxylic acids is 1. The van der Waals surface area contributed by atoms with Crippen molar-refractivity contribution in [3.05, 3.63) is 39.9 Å². The van der Waals surface area contributed by atoms with Crippen LogP contribution < -0.4 is 0 Å². The van der Waals surface area contributed by atoms with Crippen molar-refractivity contribution in [1.82, 2.24) is 4.90 Å². The number of thioether (sulfide) groups is 1. The lowest BCUT2D eigenvalue weighted by atomic mass is 9.99. The molecule has 1 aliphatic heterocycles. The summed E-state index contributed by atoms with van der Waals surface area (Å²) < 4.78 is 0. The Morgan fingerprint density at radius 1 is 1.52 bits per heavy atom. The number of carbonyl (C=O) groups is 2. The first kappa shape index (κ1) is 15.3. The van der Waals surface area contributed by atoms with Crippen molar-refractivity contribution in [3.8, 4) is 0 Å². The minimum absolute atomic E-state index is 0.0854. The Balaban J connectivity index is 2.21. The molecule has 0 spiro atoms. The summed E-state index contributed by atoms with van der Waals surface area (Å²) in [5.74, 6) is -1.28. The van der Waals surface area contributed by atoms with Gasteiger partial charge in [-0.1, -0.05) is 12.1 Å². The Labute approximate surface area is 125 Å². The smallest absolute Gasteiger partial charge is 0.327 e. The molecule has 1 saturated heterocycles. The van der Waals surface area contributed by atoms with E-state index in [-0.39, 0.29) is 11.6 Å². The molecule has 0 radical (unpaired) electrons. The van der Waals surface area contributed by atoms with E-state index < -0.39 is 22.9 Å².